The fourth-order valence-electron chi connectivity index (χ4n) is 4.43. The van der Waals surface area contributed by atoms with Crippen LogP contribution in [0.3, 0.4) is 0 Å². The maximum atomic E-state index is 13.4. The van der Waals surface area contributed by atoms with E-state index >= 15 is 0 Å². The summed E-state index contributed by atoms with van der Waals surface area (Å²) in [5.74, 6) is -1.79. The van der Waals surface area contributed by atoms with Crippen molar-refractivity contribution in [2.45, 2.75) is 39.7 Å². The number of hydrogen-bond acceptors (Lipinski definition) is 5. The van der Waals surface area contributed by atoms with Gasteiger partial charge in [-0.2, -0.15) is 0 Å². The highest BCUT2D eigenvalue weighted by Gasteiger charge is 2.46. The number of nitrogens with zero attached hydrogens (tertiary/aromatic N) is 1. The van der Waals surface area contributed by atoms with Crippen molar-refractivity contribution in [3.63, 3.8) is 0 Å². The van der Waals surface area contributed by atoms with Crippen molar-refractivity contribution >= 4 is 29.1 Å². The quantitative estimate of drug-likeness (QED) is 0.221. The van der Waals surface area contributed by atoms with Gasteiger partial charge >= 0.3 is 5.97 Å². The molecule has 1 amide bonds. The third-order valence-corrected chi connectivity index (χ3v) is 6.43. The monoisotopic (exact) mass is 513 g/mol. The van der Waals surface area contributed by atoms with Crippen molar-refractivity contribution in [2.24, 2.45) is 5.92 Å². The van der Waals surface area contributed by atoms with E-state index in [1.807, 2.05) is 45.0 Å². The van der Waals surface area contributed by atoms with Crippen LogP contribution in [0.25, 0.3) is 5.76 Å². The molecule has 4 rings (SSSR count). The Balaban J connectivity index is 1.79. The molecular weight excluding hydrogens is 482 g/mol. The molecule has 1 atom stereocenters. The van der Waals surface area contributed by atoms with Gasteiger partial charge in [0, 0.05) is 11.3 Å². The van der Waals surface area contributed by atoms with E-state index in [-0.39, 0.29) is 17.8 Å². The van der Waals surface area contributed by atoms with Crippen LogP contribution in [0.15, 0.2) is 78.4 Å². The zero-order valence-electron chi connectivity index (χ0n) is 21.7. The lowest BCUT2D eigenvalue weighted by Crippen LogP contribution is -2.29. The molecule has 1 unspecified atom stereocenters. The highest BCUT2D eigenvalue weighted by atomic mass is 16.5. The Bertz CT molecular complexity index is 1350. The van der Waals surface area contributed by atoms with Crippen LogP contribution in [0.1, 0.15) is 49.1 Å². The van der Waals surface area contributed by atoms with Gasteiger partial charge in [-0.15, -0.1) is 0 Å². The van der Waals surface area contributed by atoms with Crippen molar-refractivity contribution in [3.05, 3.63) is 101 Å². The number of rotatable bonds is 9. The summed E-state index contributed by atoms with van der Waals surface area (Å²) < 4.78 is 5.72. The zero-order valence-corrected chi connectivity index (χ0v) is 21.7. The summed E-state index contributed by atoms with van der Waals surface area (Å²) in [7, 11) is 0. The number of benzene rings is 3. The van der Waals surface area contributed by atoms with Gasteiger partial charge in [0.1, 0.15) is 11.5 Å². The minimum absolute atomic E-state index is 0.00953. The Morgan fingerprint density at radius 1 is 0.895 bits per heavy atom. The van der Waals surface area contributed by atoms with E-state index in [9.17, 15) is 19.5 Å². The lowest BCUT2D eigenvalue weighted by atomic mass is 9.94. The van der Waals surface area contributed by atoms with Crippen LogP contribution in [0.2, 0.25) is 0 Å². The molecule has 1 aliphatic rings. The molecule has 0 aliphatic carbocycles. The minimum Gasteiger partial charge on any atom is -0.507 e. The number of aliphatic hydroxyl groups excluding tert-OH is 1. The molecule has 2 N–H and O–H groups in total. The Labute approximate surface area is 222 Å². The molecule has 3 aromatic carbocycles. The predicted molar refractivity (Wildman–Crippen MR) is 145 cm³/mol. The van der Waals surface area contributed by atoms with Gasteiger partial charge in [0.15, 0.2) is 0 Å². The highest BCUT2D eigenvalue weighted by molar-refractivity contribution is 6.51. The Kier molecular flexibility index (Phi) is 7.96. The second-order valence-electron chi connectivity index (χ2n) is 9.73. The molecule has 196 valence electrons. The third-order valence-electron chi connectivity index (χ3n) is 6.43. The number of aliphatic carboxylic acids is 1. The molecule has 0 aromatic heterocycles. The predicted octanol–water partition coefficient (Wildman–Crippen LogP) is 5.54. The molecule has 0 saturated carbocycles. The average molecular weight is 514 g/mol. The number of Topliss-reactive ketones (excluding diaryl/α,β-unsaturated/α-hetero) is 1. The second kappa shape index (κ2) is 11.3. The number of carbonyl (C=O) groups is 3. The molecule has 1 aliphatic heterocycles. The average Bonchev–Trinajstić information content (AvgIpc) is 3.17. The van der Waals surface area contributed by atoms with E-state index in [0.717, 1.165) is 12.0 Å². The highest BCUT2D eigenvalue weighted by Crippen LogP contribution is 2.42. The van der Waals surface area contributed by atoms with Gasteiger partial charge in [-0.05, 0) is 65.4 Å². The van der Waals surface area contributed by atoms with Crippen LogP contribution < -0.4 is 9.64 Å². The fourth-order valence-corrected chi connectivity index (χ4v) is 4.43. The topological polar surface area (TPSA) is 104 Å². The Morgan fingerprint density at radius 3 is 2.05 bits per heavy atom. The van der Waals surface area contributed by atoms with Crippen molar-refractivity contribution in [3.8, 4) is 5.75 Å². The van der Waals surface area contributed by atoms with E-state index in [2.05, 4.69) is 0 Å². The number of ether oxygens (including phenoxy) is 1. The molecule has 7 heteroatoms. The summed E-state index contributed by atoms with van der Waals surface area (Å²) in [6, 6.07) is 20.0. The van der Waals surface area contributed by atoms with Gasteiger partial charge in [0.2, 0.25) is 0 Å². The zero-order chi connectivity index (χ0) is 27.4. The number of anilines is 1. The number of amides is 1. The molecular formula is C31H31NO6. The van der Waals surface area contributed by atoms with E-state index < -0.39 is 23.7 Å². The third kappa shape index (κ3) is 5.62. The number of ketones is 1. The van der Waals surface area contributed by atoms with Crippen LogP contribution in [0.4, 0.5) is 5.69 Å². The smallest absolute Gasteiger partial charge is 0.307 e. The summed E-state index contributed by atoms with van der Waals surface area (Å²) in [5, 5.41) is 20.4. The van der Waals surface area contributed by atoms with Crippen molar-refractivity contribution < 1.29 is 29.3 Å². The first kappa shape index (κ1) is 26.7. The molecule has 0 spiro atoms. The van der Waals surface area contributed by atoms with E-state index in [1.54, 1.807) is 48.5 Å². The first-order valence-corrected chi connectivity index (χ1v) is 12.6. The van der Waals surface area contributed by atoms with Crippen molar-refractivity contribution in [1.82, 2.24) is 0 Å². The molecule has 7 nitrogen and oxygen atoms in total. The normalized spacial score (nSPS) is 16.7. The molecule has 1 saturated heterocycles. The summed E-state index contributed by atoms with van der Waals surface area (Å²) in [4.78, 5) is 39.1. The summed E-state index contributed by atoms with van der Waals surface area (Å²) in [5.41, 5.74) is 3.16. The van der Waals surface area contributed by atoms with Crippen LogP contribution in [-0.4, -0.2) is 34.5 Å². The number of carbonyl (C=O) groups excluding carboxylic acids is 2. The van der Waals surface area contributed by atoms with Crippen LogP contribution in [0, 0.1) is 5.92 Å². The summed E-state index contributed by atoms with van der Waals surface area (Å²) in [6.07, 6.45) is 0.675. The number of hydrogen-bond donors (Lipinski definition) is 2. The standard InChI is InChI=1S/C31H31NO6/c1-4-20-5-9-22(10-6-20)28-27(29(35)23-11-15-25(16-12-23)38-18-19(2)3)30(36)31(37)32(28)24-13-7-21(8-14-24)17-26(33)34/h5-16,19,28,35H,4,17-18H2,1-3H3,(H,33,34)/b29-27+. The van der Waals surface area contributed by atoms with Gasteiger partial charge in [-0.3, -0.25) is 19.3 Å². The number of aliphatic hydroxyl groups is 1. The second-order valence-corrected chi connectivity index (χ2v) is 9.73. The Morgan fingerprint density at radius 2 is 1.50 bits per heavy atom. The van der Waals surface area contributed by atoms with Crippen molar-refractivity contribution in [1.29, 1.82) is 0 Å². The van der Waals surface area contributed by atoms with E-state index in [0.29, 0.717) is 40.7 Å². The first-order chi connectivity index (χ1) is 18.2. The van der Waals surface area contributed by atoms with Gasteiger partial charge in [-0.25, -0.2) is 0 Å². The molecule has 1 fully saturated rings. The number of aryl methyl sites for hydroxylation is 1. The number of carboxylic acids is 1. The van der Waals surface area contributed by atoms with Crippen LogP contribution in [0.5, 0.6) is 5.75 Å². The minimum atomic E-state index is -0.963. The molecule has 38 heavy (non-hydrogen) atoms. The largest absolute Gasteiger partial charge is 0.507 e. The van der Waals surface area contributed by atoms with Gasteiger partial charge in [0.05, 0.1) is 24.6 Å². The molecule has 1 heterocycles. The molecule has 0 bridgehead atoms. The first-order valence-electron chi connectivity index (χ1n) is 12.6. The lowest BCUT2D eigenvalue weighted by molar-refractivity contribution is -0.136. The van der Waals surface area contributed by atoms with E-state index in [4.69, 9.17) is 9.84 Å². The maximum absolute atomic E-state index is 13.4. The SMILES string of the molecule is CCc1ccc(C2/C(=C(\O)c3ccc(OCC(C)C)cc3)C(=O)C(=O)N2c2ccc(CC(=O)O)cc2)cc1. The maximum Gasteiger partial charge on any atom is 0.307 e. The van der Waals surface area contributed by atoms with Crippen molar-refractivity contribution in [2.75, 3.05) is 11.5 Å². The summed E-state index contributed by atoms with van der Waals surface area (Å²) in [6.45, 7) is 6.68. The number of carboxylic acid groups (broad SMARTS) is 1. The fraction of sp³-hybridized carbons (Fsp3) is 0.258. The lowest BCUT2D eigenvalue weighted by Gasteiger charge is -2.26. The molecule has 0 radical (unpaired) electrons. The van der Waals surface area contributed by atoms with Gasteiger partial charge in [0.25, 0.3) is 11.7 Å². The molecule has 3 aromatic rings. The van der Waals surface area contributed by atoms with Gasteiger partial charge < -0.3 is 14.9 Å². The van der Waals surface area contributed by atoms with Crippen LogP contribution in [-0.2, 0) is 27.2 Å². The summed E-state index contributed by atoms with van der Waals surface area (Å²) >= 11 is 0. The Hall–Kier alpha value is -4.39. The van der Waals surface area contributed by atoms with E-state index in [1.165, 1.54) is 4.90 Å². The van der Waals surface area contributed by atoms with Gasteiger partial charge in [-0.1, -0.05) is 57.2 Å². The van der Waals surface area contributed by atoms with Crippen LogP contribution >= 0.6 is 0 Å².